The second-order valence-corrected chi connectivity index (χ2v) is 7.05. The Hall–Kier alpha value is -1.53. The molecule has 0 bridgehead atoms. The normalized spacial score (nSPS) is 24.8. The standard InChI is InChI=1S/C16H19F3N2O2/c1-2-23-14(22)13-11(16(17,18)19)12(9-3-4-9)20-21(13)8-10-7-15(10)5-6-15/h9-10H,2-8H2,1H3. The van der Waals surface area contributed by atoms with E-state index in [-0.39, 0.29) is 18.2 Å². The van der Waals surface area contributed by atoms with Crippen LogP contribution in [0, 0.1) is 11.3 Å². The van der Waals surface area contributed by atoms with Gasteiger partial charge >= 0.3 is 12.1 Å². The summed E-state index contributed by atoms with van der Waals surface area (Å²) in [7, 11) is 0. The Labute approximate surface area is 132 Å². The lowest BCUT2D eigenvalue weighted by Gasteiger charge is -2.11. The minimum absolute atomic E-state index is 0.0334. The zero-order chi connectivity index (χ0) is 16.4. The minimum Gasteiger partial charge on any atom is -0.461 e. The Morgan fingerprint density at radius 1 is 1.39 bits per heavy atom. The summed E-state index contributed by atoms with van der Waals surface area (Å²) in [5.41, 5.74) is -0.894. The van der Waals surface area contributed by atoms with Crippen LogP contribution in [0.5, 0.6) is 0 Å². The summed E-state index contributed by atoms with van der Waals surface area (Å²) in [6, 6.07) is 0. The van der Waals surface area contributed by atoms with Gasteiger partial charge in [0.05, 0.1) is 12.3 Å². The van der Waals surface area contributed by atoms with Crippen molar-refractivity contribution in [2.75, 3.05) is 6.61 Å². The van der Waals surface area contributed by atoms with Crippen LogP contribution >= 0.6 is 0 Å². The Balaban J connectivity index is 1.75. The van der Waals surface area contributed by atoms with Crippen molar-refractivity contribution >= 4 is 5.97 Å². The number of alkyl halides is 3. The fraction of sp³-hybridized carbons (Fsp3) is 0.750. The van der Waals surface area contributed by atoms with Crippen LogP contribution in [0.2, 0.25) is 0 Å². The van der Waals surface area contributed by atoms with Crippen molar-refractivity contribution in [2.45, 2.75) is 57.7 Å². The van der Waals surface area contributed by atoms with Gasteiger partial charge in [-0.15, -0.1) is 0 Å². The zero-order valence-electron chi connectivity index (χ0n) is 12.9. The molecule has 4 nitrogen and oxygen atoms in total. The van der Waals surface area contributed by atoms with Crippen LogP contribution in [0.1, 0.15) is 66.7 Å². The summed E-state index contributed by atoms with van der Waals surface area (Å²) in [6.07, 6.45) is 0.157. The first-order valence-corrected chi connectivity index (χ1v) is 8.21. The van der Waals surface area contributed by atoms with E-state index in [9.17, 15) is 18.0 Å². The van der Waals surface area contributed by atoms with E-state index >= 15 is 0 Å². The van der Waals surface area contributed by atoms with E-state index in [0.29, 0.717) is 30.7 Å². The number of carbonyl (C=O) groups is 1. The highest BCUT2D eigenvalue weighted by Gasteiger charge is 2.62. The summed E-state index contributed by atoms with van der Waals surface area (Å²) in [5, 5.41) is 4.21. The molecule has 1 aromatic rings. The van der Waals surface area contributed by atoms with Crippen LogP contribution in [-0.2, 0) is 17.5 Å². The van der Waals surface area contributed by atoms with Gasteiger partial charge in [0.2, 0.25) is 0 Å². The highest BCUT2D eigenvalue weighted by Crippen LogP contribution is 2.71. The van der Waals surface area contributed by atoms with Gasteiger partial charge < -0.3 is 4.74 Å². The van der Waals surface area contributed by atoms with E-state index in [0.717, 1.165) is 19.3 Å². The molecule has 0 aromatic carbocycles. The molecule has 3 saturated carbocycles. The van der Waals surface area contributed by atoms with Crippen molar-refractivity contribution in [1.82, 2.24) is 9.78 Å². The fourth-order valence-electron chi connectivity index (χ4n) is 3.61. The maximum absolute atomic E-state index is 13.6. The summed E-state index contributed by atoms with van der Waals surface area (Å²) in [5.74, 6) is -0.733. The SMILES string of the molecule is CCOC(=O)c1c(C(F)(F)F)c(C2CC2)nn1CC1CC12CC2. The quantitative estimate of drug-likeness (QED) is 0.773. The molecule has 3 aliphatic carbocycles. The predicted molar refractivity (Wildman–Crippen MR) is 74.9 cm³/mol. The van der Waals surface area contributed by atoms with E-state index < -0.39 is 23.4 Å². The van der Waals surface area contributed by atoms with E-state index in [2.05, 4.69) is 5.10 Å². The number of hydrogen-bond donors (Lipinski definition) is 0. The lowest BCUT2D eigenvalue weighted by atomic mass is 10.1. The van der Waals surface area contributed by atoms with Gasteiger partial charge in [0.25, 0.3) is 0 Å². The first-order chi connectivity index (χ1) is 10.9. The Morgan fingerprint density at radius 3 is 2.57 bits per heavy atom. The summed E-state index contributed by atoms with van der Waals surface area (Å²) in [4.78, 5) is 12.2. The Bertz CT molecular complexity index is 657. The molecule has 1 aromatic heterocycles. The molecule has 0 aliphatic heterocycles. The first kappa shape index (κ1) is 15.0. The van der Waals surface area contributed by atoms with Crippen LogP contribution in [0.15, 0.2) is 0 Å². The molecule has 23 heavy (non-hydrogen) atoms. The van der Waals surface area contributed by atoms with Gasteiger partial charge in [-0.05, 0) is 50.4 Å². The molecule has 1 spiro atoms. The number of esters is 1. The van der Waals surface area contributed by atoms with Crippen molar-refractivity contribution < 1.29 is 22.7 Å². The molecule has 7 heteroatoms. The molecule has 4 rings (SSSR count). The topological polar surface area (TPSA) is 44.1 Å². The van der Waals surface area contributed by atoms with Gasteiger partial charge in [-0.25, -0.2) is 4.79 Å². The first-order valence-electron chi connectivity index (χ1n) is 8.21. The summed E-state index contributed by atoms with van der Waals surface area (Å²) < 4.78 is 46.9. The lowest BCUT2D eigenvalue weighted by molar-refractivity contribution is -0.138. The molecule has 126 valence electrons. The fourth-order valence-corrected chi connectivity index (χ4v) is 3.61. The average molecular weight is 328 g/mol. The molecule has 3 fully saturated rings. The van der Waals surface area contributed by atoms with E-state index in [4.69, 9.17) is 4.74 Å². The smallest absolute Gasteiger partial charge is 0.420 e. The second-order valence-electron chi connectivity index (χ2n) is 7.05. The monoisotopic (exact) mass is 328 g/mol. The van der Waals surface area contributed by atoms with Crippen LogP contribution in [-0.4, -0.2) is 22.4 Å². The highest BCUT2D eigenvalue weighted by molar-refractivity contribution is 5.90. The molecule has 3 aliphatic rings. The molecule has 1 atom stereocenters. The van der Waals surface area contributed by atoms with Gasteiger partial charge in [0.15, 0.2) is 5.69 Å². The van der Waals surface area contributed by atoms with Crippen molar-refractivity contribution in [3.63, 3.8) is 0 Å². The van der Waals surface area contributed by atoms with Gasteiger partial charge in [0.1, 0.15) is 5.56 Å². The number of halogens is 3. The van der Waals surface area contributed by atoms with Crippen LogP contribution in [0.25, 0.3) is 0 Å². The molecular weight excluding hydrogens is 309 g/mol. The molecule has 1 unspecified atom stereocenters. The van der Waals surface area contributed by atoms with Gasteiger partial charge in [-0.3, -0.25) is 4.68 Å². The van der Waals surface area contributed by atoms with E-state index in [1.54, 1.807) is 6.92 Å². The zero-order valence-corrected chi connectivity index (χ0v) is 12.9. The van der Waals surface area contributed by atoms with Crippen molar-refractivity contribution in [3.05, 3.63) is 17.0 Å². The lowest BCUT2D eigenvalue weighted by Crippen LogP contribution is -2.19. The summed E-state index contributed by atoms with van der Waals surface area (Å²) >= 11 is 0. The van der Waals surface area contributed by atoms with E-state index in [1.165, 1.54) is 4.68 Å². The number of aromatic nitrogens is 2. The third-order valence-electron chi connectivity index (χ3n) is 5.34. The molecular formula is C16H19F3N2O2. The Kier molecular flexibility index (Phi) is 3.09. The maximum atomic E-state index is 13.6. The maximum Gasteiger partial charge on any atom is 0.420 e. The third kappa shape index (κ3) is 2.54. The number of rotatable bonds is 5. The van der Waals surface area contributed by atoms with Crippen LogP contribution < -0.4 is 0 Å². The van der Waals surface area contributed by atoms with Gasteiger partial charge in [0, 0.05) is 12.5 Å². The van der Waals surface area contributed by atoms with Gasteiger partial charge in [-0.2, -0.15) is 18.3 Å². The number of nitrogens with zero attached hydrogens (tertiary/aromatic N) is 2. The van der Waals surface area contributed by atoms with Crippen LogP contribution in [0.4, 0.5) is 13.2 Å². The second kappa shape index (κ2) is 4.74. The number of carbonyl (C=O) groups excluding carboxylic acids is 1. The molecule has 0 amide bonds. The average Bonchev–Trinajstić information content (AvgIpc) is 3.33. The number of ether oxygens (including phenoxy) is 1. The highest BCUT2D eigenvalue weighted by atomic mass is 19.4. The molecule has 0 radical (unpaired) electrons. The van der Waals surface area contributed by atoms with Crippen molar-refractivity contribution in [3.8, 4) is 0 Å². The Morgan fingerprint density at radius 2 is 2.09 bits per heavy atom. The van der Waals surface area contributed by atoms with Gasteiger partial charge in [-0.1, -0.05) is 0 Å². The van der Waals surface area contributed by atoms with Crippen LogP contribution in [0.3, 0.4) is 0 Å². The number of hydrogen-bond acceptors (Lipinski definition) is 3. The molecule has 0 saturated heterocycles. The minimum atomic E-state index is -4.58. The van der Waals surface area contributed by atoms with Crippen molar-refractivity contribution in [1.29, 1.82) is 0 Å². The molecule has 1 heterocycles. The summed E-state index contributed by atoms with van der Waals surface area (Å²) in [6.45, 7) is 2.03. The van der Waals surface area contributed by atoms with Crippen molar-refractivity contribution in [2.24, 2.45) is 11.3 Å². The molecule has 0 N–H and O–H groups in total. The largest absolute Gasteiger partial charge is 0.461 e. The third-order valence-corrected chi connectivity index (χ3v) is 5.34. The van der Waals surface area contributed by atoms with E-state index in [1.807, 2.05) is 0 Å². The predicted octanol–water partition coefficient (Wildman–Crippen LogP) is 3.76.